The average molecular weight is 560 g/mol. The van der Waals surface area contributed by atoms with Gasteiger partial charge >= 0.3 is 0 Å². The topological polar surface area (TPSA) is 106 Å². The van der Waals surface area contributed by atoms with Gasteiger partial charge in [0.15, 0.2) is 5.54 Å². The Hall–Kier alpha value is -5.36. The van der Waals surface area contributed by atoms with Gasteiger partial charge in [-0.15, -0.1) is 0 Å². The molecule has 1 fully saturated rings. The molecule has 3 amide bonds. The highest BCUT2D eigenvalue weighted by Gasteiger charge is 2.55. The Balaban J connectivity index is 1.53. The molecule has 8 nitrogen and oxygen atoms in total. The fourth-order valence-corrected chi connectivity index (χ4v) is 6.04. The molecule has 0 unspecified atom stereocenters. The van der Waals surface area contributed by atoms with Crippen molar-refractivity contribution in [3.05, 3.63) is 120 Å². The minimum Gasteiger partial charge on any atom is -0.324 e. The molecule has 6 rings (SSSR count). The van der Waals surface area contributed by atoms with E-state index in [4.69, 9.17) is 0 Å². The van der Waals surface area contributed by atoms with Gasteiger partial charge in [-0.25, -0.2) is 9.37 Å². The minimum absolute atomic E-state index is 0.0751. The second-order valence-electron chi connectivity index (χ2n) is 10.3. The van der Waals surface area contributed by atoms with E-state index in [1.807, 2.05) is 36.4 Å². The molecule has 1 aromatic heterocycles. The Morgan fingerprint density at radius 3 is 2.57 bits per heavy atom. The Morgan fingerprint density at radius 1 is 1.00 bits per heavy atom. The van der Waals surface area contributed by atoms with Crippen LogP contribution < -0.4 is 15.1 Å². The zero-order chi connectivity index (χ0) is 29.3. The fraction of sp³-hybridized carbons (Fsp3) is 0.182. The third kappa shape index (κ3) is 4.57. The van der Waals surface area contributed by atoms with Gasteiger partial charge in [-0.1, -0.05) is 48.5 Å². The summed E-state index contributed by atoms with van der Waals surface area (Å²) in [5.74, 6) is -1.72. The van der Waals surface area contributed by atoms with Crippen LogP contribution in [0.15, 0.2) is 97.2 Å². The number of nitrogens with zero attached hydrogens (tertiary/aromatic N) is 4. The van der Waals surface area contributed by atoms with E-state index in [0.717, 1.165) is 5.56 Å². The quantitative estimate of drug-likeness (QED) is 0.354. The summed E-state index contributed by atoms with van der Waals surface area (Å²) in [6.45, 7) is 0. The molecule has 0 spiro atoms. The van der Waals surface area contributed by atoms with E-state index in [2.05, 4.69) is 10.3 Å². The van der Waals surface area contributed by atoms with Crippen LogP contribution >= 0.6 is 0 Å². The molecule has 2 atom stereocenters. The highest BCUT2D eigenvalue weighted by atomic mass is 19.1. The number of carbonyl (C=O) groups excluding carboxylic acids is 3. The van der Waals surface area contributed by atoms with Crippen LogP contribution in [0.3, 0.4) is 0 Å². The van der Waals surface area contributed by atoms with Crippen LogP contribution in [0.1, 0.15) is 36.0 Å². The first-order valence-electron chi connectivity index (χ1n) is 13.6. The summed E-state index contributed by atoms with van der Waals surface area (Å²) in [6, 6.07) is 25.9. The van der Waals surface area contributed by atoms with Crippen molar-refractivity contribution in [1.29, 1.82) is 5.26 Å². The first kappa shape index (κ1) is 26.8. The first-order valence-corrected chi connectivity index (χ1v) is 13.6. The Labute approximate surface area is 242 Å². The number of hydrogen-bond acceptors (Lipinski definition) is 5. The first-order chi connectivity index (χ1) is 20.4. The lowest BCUT2D eigenvalue weighted by molar-refractivity contribution is -0.128. The number of pyridine rings is 1. The SMILES string of the molecule is N#Cc1ccnc(N2C(=O)CC[C@H]2C(=O)N(c2cccc(F)c2)[C@]2(C(=O)Nc3ccccc3)CCc3ccccc32)c1. The lowest BCUT2D eigenvalue weighted by Crippen LogP contribution is -2.60. The van der Waals surface area contributed by atoms with Gasteiger partial charge in [-0.3, -0.25) is 24.2 Å². The maximum absolute atomic E-state index is 14.8. The second kappa shape index (κ2) is 10.9. The normalized spacial score (nSPS) is 19.2. The van der Waals surface area contributed by atoms with Gasteiger partial charge in [-0.2, -0.15) is 5.26 Å². The van der Waals surface area contributed by atoms with Gasteiger partial charge in [0.05, 0.1) is 11.6 Å². The highest BCUT2D eigenvalue weighted by molar-refractivity contribution is 6.14. The number of halogens is 1. The number of aromatic nitrogens is 1. The van der Waals surface area contributed by atoms with Crippen LogP contribution in [0.2, 0.25) is 0 Å². The molecule has 42 heavy (non-hydrogen) atoms. The summed E-state index contributed by atoms with van der Waals surface area (Å²) in [5.41, 5.74) is 1.02. The average Bonchev–Trinajstić information content (AvgIpc) is 3.59. The fourth-order valence-electron chi connectivity index (χ4n) is 6.04. The van der Waals surface area contributed by atoms with E-state index in [0.29, 0.717) is 17.7 Å². The number of amides is 3. The number of benzene rings is 3. The summed E-state index contributed by atoms with van der Waals surface area (Å²) in [4.78, 5) is 49.4. The lowest BCUT2D eigenvalue weighted by atomic mass is 9.86. The third-order valence-electron chi connectivity index (χ3n) is 7.91. The summed E-state index contributed by atoms with van der Waals surface area (Å²) in [7, 11) is 0. The number of hydrogen-bond donors (Lipinski definition) is 1. The smallest absolute Gasteiger partial charge is 0.255 e. The number of fused-ring (bicyclic) bond motifs is 1. The van der Waals surface area contributed by atoms with Gasteiger partial charge in [0.1, 0.15) is 17.7 Å². The Bertz CT molecular complexity index is 1740. The predicted octanol–water partition coefficient (Wildman–Crippen LogP) is 5.10. The highest BCUT2D eigenvalue weighted by Crippen LogP contribution is 2.46. The lowest BCUT2D eigenvalue weighted by Gasteiger charge is -2.42. The van der Waals surface area contributed by atoms with E-state index < -0.39 is 29.2 Å². The molecular weight excluding hydrogens is 533 g/mol. The van der Waals surface area contributed by atoms with Gasteiger partial charge in [0, 0.05) is 24.0 Å². The molecule has 3 aromatic carbocycles. The maximum Gasteiger partial charge on any atom is 0.255 e. The summed E-state index contributed by atoms with van der Waals surface area (Å²) in [5, 5.41) is 12.4. The number of aryl methyl sites for hydroxylation is 1. The van der Waals surface area contributed by atoms with Gasteiger partial charge < -0.3 is 5.32 Å². The van der Waals surface area contributed by atoms with E-state index in [1.165, 1.54) is 46.3 Å². The van der Waals surface area contributed by atoms with E-state index in [-0.39, 0.29) is 42.2 Å². The van der Waals surface area contributed by atoms with E-state index in [1.54, 1.807) is 30.3 Å². The largest absolute Gasteiger partial charge is 0.324 e. The second-order valence-corrected chi connectivity index (χ2v) is 10.3. The number of anilines is 3. The summed E-state index contributed by atoms with van der Waals surface area (Å²) >= 11 is 0. The number of carbonyl (C=O) groups is 3. The maximum atomic E-state index is 14.8. The minimum atomic E-state index is -1.55. The number of para-hydroxylation sites is 1. The molecular formula is C33H26FN5O3. The molecule has 1 N–H and O–H groups in total. The molecule has 1 aliphatic carbocycles. The van der Waals surface area contributed by atoms with Crippen LogP contribution in [-0.2, 0) is 26.3 Å². The van der Waals surface area contributed by atoms with Crippen LogP contribution in [0.25, 0.3) is 0 Å². The van der Waals surface area contributed by atoms with Crippen molar-refractivity contribution in [1.82, 2.24) is 4.98 Å². The molecule has 9 heteroatoms. The van der Waals surface area contributed by atoms with Gasteiger partial charge in [-0.05, 0) is 72.9 Å². The Kier molecular flexibility index (Phi) is 6.97. The van der Waals surface area contributed by atoms with Crippen molar-refractivity contribution in [2.45, 2.75) is 37.3 Å². The summed E-state index contributed by atoms with van der Waals surface area (Å²) in [6.07, 6.45) is 2.41. The van der Waals surface area contributed by atoms with Crippen molar-refractivity contribution >= 4 is 34.9 Å². The van der Waals surface area contributed by atoms with E-state index >= 15 is 0 Å². The van der Waals surface area contributed by atoms with Crippen LogP contribution in [-0.4, -0.2) is 28.7 Å². The molecule has 208 valence electrons. The van der Waals surface area contributed by atoms with Gasteiger partial charge in [0.25, 0.3) is 11.8 Å². The van der Waals surface area contributed by atoms with Gasteiger partial charge in [0.2, 0.25) is 5.91 Å². The molecule has 4 aromatic rings. The zero-order valence-corrected chi connectivity index (χ0v) is 22.5. The molecule has 2 heterocycles. The number of nitriles is 1. The molecule has 0 radical (unpaired) electrons. The van der Waals surface area contributed by atoms with E-state index in [9.17, 15) is 24.0 Å². The predicted molar refractivity (Wildman–Crippen MR) is 155 cm³/mol. The van der Waals surface area contributed by atoms with Crippen molar-refractivity contribution in [2.75, 3.05) is 15.1 Å². The van der Waals surface area contributed by atoms with Crippen molar-refractivity contribution in [3.63, 3.8) is 0 Å². The number of nitrogens with one attached hydrogen (secondary N) is 1. The van der Waals surface area contributed by atoms with Crippen molar-refractivity contribution in [3.8, 4) is 6.07 Å². The van der Waals surface area contributed by atoms with Crippen LogP contribution in [0.5, 0.6) is 0 Å². The molecule has 2 aliphatic rings. The monoisotopic (exact) mass is 559 g/mol. The molecule has 0 bridgehead atoms. The van der Waals surface area contributed by atoms with Crippen molar-refractivity contribution in [2.24, 2.45) is 0 Å². The molecule has 0 saturated carbocycles. The van der Waals surface area contributed by atoms with Crippen LogP contribution in [0, 0.1) is 17.1 Å². The zero-order valence-electron chi connectivity index (χ0n) is 22.5. The Morgan fingerprint density at radius 2 is 1.79 bits per heavy atom. The molecule has 1 aliphatic heterocycles. The third-order valence-corrected chi connectivity index (χ3v) is 7.91. The molecule has 1 saturated heterocycles. The standard InChI is InChI=1S/C33H26FN5O3/c34-24-8-6-11-26(20-24)39(31(41)28-13-14-30(40)38(28)29-19-22(21-35)16-18-36-29)33(17-15-23-7-4-5-12-27(23)33)32(42)37-25-9-2-1-3-10-25/h1-12,16,18-20,28H,13-15,17H2,(H,37,42)/t28-,33+/m0/s1. The van der Waals surface area contributed by atoms with Crippen molar-refractivity contribution < 1.29 is 18.8 Å². The van der Waals surface area contributed by atoms with Crippen LogP contribution in [0.4, 0.5) is 21.6 Å². The number of rotatable bonds is 6. The summed E-state index contributed by atoms with van der Waals surface area (Å²) < 4.78 is 14.8.